The molecule has 0 bridgehead atoms. The van der Waals surface area contributed by atoms with Gasteiger partial charge in [0.1, 0.15) is 6.04 Å². The lowest BCUT2D eigenvalue weighted by Gasteiger charge is -2.15. The van der Waals surface area contributed by atoms with Crippen LogP contribution in [0.2, 0.25) is 10.0 Å². The van der Waals surface area contributed by atoms with Gasteiger partial charge in [-0.3, -0.25) is 4.79 Å². The van der Waals surface area contributed by atoms with Crippen LogP contribution in [-0.4, -0.2) is 23.6 Å². The van der Waals surface area contributed by atoms with Gasteiger partial charge in [0, 0.05) is 0 Å². The van der Waals surface area contributed by atoms with E-state index in [-0.39, 0.29) is 15.6 Å². The van der Waals surface area contributed by atoms with E-state index in [1.54, 1.807) is 22.8 Å². The number of nitrogens with zero attached hydrogens (tertiary/aromatic N) is 2. The number of para-hydroxylation sites is 1. The highest BCUT2D eigenvalue weighted by molar-refractivity contribution is 7.16. The van der Waals surface area contributed by atoms with Crippen LogP contribution in [0.25, 0.3) is 10.2 Å². The van der Waals surface area contributed by atoms with Crippen molar-refractivity contribution in [1.82, 2.24) is 4.57 Å². The molecule has 2 aromatic carbocycles. The van der Waals surface area contributed by atoms with Gasteiger partial charge in [-0.15, -0.1) is 0 Å². The Balaban J connectivity index is 2.25. The van der Waals surface area contributed by atoms with E-state index in [9.17, 15) is 9.59 Å². The van der Waals surface area contributed by atoms with E-state index in [0.29, 0.717) is 11.2 Å². The van der Waals surface area contributed by atoms with Crippen molar-refractivity contribution in [2.75, 3.05) is 7.11 Å². The Morgan fingerprint density at radius 1 is 1.15 bits per heavy atom. The van der Waals surface area contributed by atoms with E-state index in [4.69, 9.17) is 27.9 Å². The zero-order valence-electron chi connectivity index (χ0n) is 14.6. The summed E-state index contributed by atoms with van der Waals surface area (Å²) in [5, 5.41) is 0.452. The van der Waals surface area contributed by atoms with Gasteiger partial charge in [0.2, 0.25) is 0 Å². The van der Waals surface area contributed by atoms with Gasteiger partial charge in [0.05, 0.1) is 32.9 Å². The van der Waals surface area contributed by atoms with Crippen LogP contribution in [0.5, 0.6) is 0 Å². The number of methoxy groups -OCH3 is 1. The number of amides is 1. The summed E-state index contributed by atoms with van der Waals surface area (Å²) >= 11 is 13.6. The minimum Gasteiger partial charge on any atom is -0.467 e. The molecule has 1 atom stereocenters. The average Bonchev–Trinajstić information content (AvgIpc) is 3.00. The van der Waals surface area contributed by atoms with E-state index in [2.05, 4.69) is 4.99 Å². The maximum Gasteiger partial charge on any atom is 0.328 e. The summed E-state index contributed by atoms with van der Waals surface area (Å²) in [7, 11) is 1.34. The number of fused-ring (bicyclic) bond motifs is 1. The lowest BCUT2D eigenvalue weighted by atomic mass is 10.2. The summed E-state index contributed by atoms with van der Waals surface area (Å²) in [6, 6.07) is 11.8. The van der Waals surface area contributed by atoms with E-state index in [1.165, 1.54) is 18.4 Å². The van der Waals surface area contributed by atoms with Gasteiger partial charge in [0.15, 0.2) is 4.80 Å². The van der Waals surface area contributed by atoms with Crippen molar-refractivity contribution in [3.63, 3.8) is 0 Å². The molecule has 0 spiro atoms. The number of carbonyl (C=O) groups is 2. The smallest absolute Gasteiger partial charge is 0.328 e. The van der Waals surface area contributed by atoms with Crippen molar-refractivity contribution < 1.29 is 14.3 Å². The van der Waals surface area contributed by atoms with Crippen LogP contribution in [0.15, 0.2) is 47.5 Å². The number of hydrogen-bond donors (Lipinski definition) is 0. The maximum atomic E-state index is 12.8. The Labute approximate surface area is 169 Å². The Morgan fingerprint density at radius 2 is 1.81 bits per heavy atom. The number of carbonyl (C=O) groups excluding carboxylic acids is 2. The molecule has 1 unspecified atom stereocenters. The van der Waals surface area contributed by atoms with Gasteiger partial charge in [0.25, 0.3) is 5.91 Å². The molecule has 3 aromatic rings. The standard InChI is InChI=1S/C19H16Cl2N2O3S/c1-3-13(18(25)26-2)23-14-9-4-5-10-15(14)27-19(23)22-17(24)16-11(20)7-6-8-12(16)21/h4-10,13H,3H2,1-2H3. The van der Waals surface area contributed by atoms with Crippen LogP contribution in [0.1, 0.15) is 29.7 Å². The third kappa shape index (κ3) is 3.78. The van der Waals surface area contributed by atoms with E-state index >= 15 is 0 Å². The summed E-state index contributed by atoms with van der Waals surface area (Å²) in [5.74, 6) is -0.962. The molecular weight excluding hydrogens is 407 g/mol. The topological polar surface area (TPSA) is 60.7 Å². The van der Waals surface area contributed by atoms with Crippen LogP contribution < -0.4 is 4.80 Å². The molecule has 0 aliphatic heterocycles. The predicted molar refractivity (Wildman–Crippen MR) is 108 cm³/mol. The second-order valence-corrected chi connectivity index (χ2v) is 7.51. The highest BCUT2D eigenvalue weighted by atomic mass is 35.5. The largest absolute Gasteiger partial charge is 0.467 e. The summed E-state index contributed by atoms with van der Waals surface area (Å²) in [6.07, 6.45) is 0.488. The predicted octanol–water partition coefficient (Wildman–Crippen LogP) is 4.87. The number of aromatic nitrogens is 1. The molecule has 140 valence electrons. The number of rotatable bonds is 4. The Hall–Kier alpha value is -2.15. The molecule has 0 N–H and O–H groups in total. The molecule has 0 saturated heterocycles. The second kappa shape index (κ2) is 8.25. The van der Waals surface area contributed by atoms with Gasteiger partial charge >= 0.3 is 5.97 Å². The summed E-state index contributed by atoms with van der Waals surface area (Å²) in [6.45, 7) is 1.87. The molecule has 8 heteroatoms. The van der Waals surface area contributed by atoms with Gasteiger partial charge in [-0.1, -0.05) is 59.7 Å². The number of benzene rings is 2. The molecule has 0 radical (unpaired) electrons. The fourth-order valence-electron chi connectivity index (χ4n) is 2.81. The molecule has 0 saturated carbocycles. The van der Waals surface area contributed by atoms with Crippen LogP contribution in [-0.2, 0) is 9.53 Å². The lowest BCUT2D eigenvalue weighted by Crippen LogP contribution is -2.28. The monoisotopic (exact) mass is 422 g/mol. The summed E-state index contributed by atoms with van der Waals surface area (Å²) in [5.41, 5.74) is 0.938. The van der Waals surface area contributed by atoms with E-state index < -0.39 is 17.9 Å². The number of ether oxygens (including phenoxy) is 1. The van der Waals surface area contributed by atoms with Crippen LogP contribution >= 0.6 is 34.5 Å². The Bertz CT molecular complexity index is 1070. The zero-order valence-corrected chi connectivity index (χ0v) is 16.9. The van der Waals surface area contributed by atoms with Crippen LogP contribution in [0.3, 0.4) is 0 Å². The van der Waals surface area contributed by atoms with Crippen molar-refractivity contribution in [2.24, 2.45) is 4.99 Å². The van der Waals surface area contributed by atoms with Crippen LogP contribution in [0, 0.1) is 0 Å². The molecule has 27 heavy (non-hydrogen) atoms. The number of hydrogen-bond acceptors (Lipinski definition) is 4. The third-order valence-electron chi connectivity index (χ3n) is 4.08. The summed E-state index contributed by atoms with van der Waals surface area (Å²) < 4.78 is 7.57. The first-order chi connectivity index (χ1) is 13.0. The summed E-state index contributed by atoms with van der Waals surface area (Å²) in [4.78, 5) is 29.7. The van der Waals surface area contributed by atoms with Crippen molar-refractivity contribution >= 4 is 56.6 Å². The normalized spacial score (nSPS) is 13.0. The Morgan fingerprint density at radius 3 is 2.44 bits per heavy atom. The van der Waals surface area contributed by atoms with Gasteiger partial charge in [-0.25, -0.2) is 4.79 Å². The fourth-order valence-corrected chi connectivity index (χ4v) is 4.43. The Kier molecular flexibility index (Phi) is 5.99. The molecule has 0 fully saturated rings. The number of halogens is 2. The third-order valence-corrected chi connectivity index (χ3v) is 5.74. The molecule has 0 aliphatic carbocycles. The van der Waals surface area contributed by atoms with Crippen LogP contribution in [0.4, 0.5) is 0 Å². The second-order valence-electron chi connectivity index (χ2n) is 5.68. The lowest BCUT2D eigenvalue weighted by molar-refractivity contribution is -0.144. The van der Waals surface area contributed by atoms with Gasteiger partial charge in [-0.2, -0.15) is 4.99 Å². The fraction of sp³-hybridized carbons (Fsp3) is 0.211. The number of thiazole rings is 1. The minimum atomic E-state index is -0.598. The van der Waals surface area contributed by atoms with Gasteiger partial charge in [-0.05, 0) is 30.7 Å². The average molecular weight is 423 g/mol. The first kappa shape index (κ1) is 19.6. The molecule has 3 rings (SSSR count). The van der Waals surface area contributed by atoms with Crippen molar-refractivity contribution in [1.29, 1.82) is 0 Å². The first-order valence-corrected chi connectivity index (χ1v) is 9.76. The molecule has 1 heterocycles. The van der Waals surface area contributed by atoms with Crippen molar-refractivity contribution in [2.45, 2.75) is 19.4 Å². The first-order valence-electron chi connectivity index (χ1n) is 8.18. The van der Waals surface area contributed by atoms with E-state index in [1.807, 2.05) is 31.2 Å². The zero-order chi connectivity index (χ0) is 19.6. The quantitative estimate of drug-likeness (QED) is 0.563. The molecule has 1 aromatic heterocycles. The highest BCUT2D eigenvalue weighted by Crippen LogP contribution is 2.26. The molecule has 5 nitrogen and oxygen atoms in total. The number of esters is 1. The minimum absolute atomic E-state index is 0.135. The van der Waals surface area contributed by atoms with Gasteiger partial charge < -0.3 is 9.30 Å². The molecule has 0 aliphatic rings. The molecular formula is C19H16Cl2N2O3S. The SMILES string of the molecule is CCC(C(=O)OC)n1c(=NC(=O)c2c(Cl)cccc2Cl)sc2ccccc21. The van der Waals surface area contributed by atoms with E-state index in [0.717, 1.165) is 10.2 Å². The molecule has 1 amide bonds. The maximum absolute atomic E-state index is 12.8. The van der Waals surface area contributed by atoms with Crippen molar-refractivity contribution in [3.05, 3.63) is 62.9 Å². The van der Waals surface area contributed by atoms with Crippen molar-refractivity contribution in [3.8, 4) is 0 Å². The highest BCUT2D eigenvalue weighted by Gasteiger charge is 2.24.